The third-order valence-corrected chi connectivity index (χ3v) is 6.10. The van der Waals surface area contributed by atoms with E-state index in [2.05, 4.69) is 10.3 Å². The molecule has 0 atom stereocenters. The second-order valence-corrected chi connectivity index (χ2v) is 8.81. The van der Waals surface area contributed by atoms with Crippen molar-refractivity contribution in [3.8, 4) is 0 Å². The largest absolute Gasteiger partial charge is 0.416 e. The van der Waals surface area contributed by atoms with Crippen LogP contribution in [0, 0.1) is 5.82 Å². The minimum absolute atomic E-state index is 0.106. The lowest BCUT2D eigenvalue weighted by molar-refractivity contribution is -0.137. The number of halogens is 4. The first kappa shape index (κ1) is 23.8. The molecule has 1 aliphatic heterocycles. The standard InChI is InChI=1S/C26H22F4N4O2/c27-19-3-1-2-16(8-19)13-34-21(10-17-9-18(26(28,29)30)4-6-23(17)34)11-25(36)32-20-5-7-24(31-12-20)33-14-22(35)15-33/h1-10,12,22,35H,11,13-15H2,(H,32,36). The SMILES string of the molecule is O=C(Cc1cc2cc(C(F)(F)F)ccc2n1Cc1cccc(F)c1)Nc1ccc(N2CC(O)C2)nc1. The van der Waals surface area contributed by atoms with E-state index in [-0.39, 0.29) is 25.0 Å². The van der Waals surface area contributed by atoms with E-state index in [0.717, 1.165) is 12.1 Å². The van der Waals surface area contributed by atoms with Gasteiger partial charge in [-0.3, -0.25) is 4.79 Å². The summed E-state index contributed by atoms with van der Waals surface area (Å²) in [5.41, 5.74) is 1.31. The number of benzene rings is 2. The predicted molar refractivity (Wildman–Crippen MR) is 127 cm³/mol. The minimum atomic E-state index is -4.50. The number of fused-ring (bicyclic) bond motifs is 1. The van der Waals surface area contributed by atoms with Crippen molar-refractivity contribution in [1.29, 1.82) is 0 Å². The molecule has 186 valence electrons. The number of aromatic nitrogens is 2. The summed E-state index contributed by atoms with van der Waals surface area (Å²) in [6.45, 7) is 1.20. The van der Waals surface area contributed by atoms with Crippen LogP contribution in [0.3, 0.4) is 0 Å². The van der Waals surface area contributed by atoms with Gasteiger partial charge < -0.3 is 19.9 Å². The maximum Gasteiger partial charge on any atom is 0.416 e. The van der Waals surface area contributed by atoms with Crippen LogP contribution in [-0.2, 0) is 23.9 Å². The predicted octanol–water partition coefficient (Wildman–Crippen LogP) is 4.60. The van der Waals surface area contributed by atoms with E-state index < -0.39 is 17.6 Å². The first-order valence-corrected chi connectivity index (χ1v) is 11.3. The quantitative estimate of drug-likeness (QED) is 0.381. The lowest BCUT2D eigenvalue weighted by Gasteiger charge is -2.36. The second-order valence-electron chi connectivity index (χ2n) is 8.81. The van der Waals surface area contributed by atoms with Crippen molar-refractivity contribution < 1.29 is 27.5 Å². The molecule has 0 bridgehead atoms. The highest BCUT2D eigenvalue weighted by atomic mass is 19.4. The minimum Gasteiger partial charge on any atom is -0.389 e. The zero-order valence-electron chi connectivity index (χ0n) is 19.0. The van der Waals surface area contributed by atoms with Crippen LogP contribution in [0.15, 0.2) is 66.9 Å². The molecule has 5 rings (SSSR count). The molecule has 36 heavy (non-hydrogen) atoms. The Hall–Kier alpha value is -3.92. The molecule has 2 aromatic heterocycles. The van der Waals surface area contributed by atoms with Crippen LogP contribution < -0.4 is 10.2 Å². The van der Waals surface area contributed by atoms with Crippen molar-refractivity contribution in [3.63, 3.8) is 0 Å². The van der Waals surface area contributed by atoms with E-state index in [1.807, 2.05) is 4.90 Å². The topological polar surface area (TPSA) is 70.4 Å². The Labute approximate surface area is 203 Å². The van der Waals surface area contributed by atoms with Crippen LogP contribution in [0.2, 0.25) is 0 Å². The van der Waals surface area contributed by atoms with Crippen LogP contribution in [0.25, 0.3) is 10.9 Å². The Kier molecular flexibility index (Phi) is 6.13. The molecule has 0 spiro atoms. The molecule has 0 unspecified atom stereocenters. The maximum absolute atomic E-state index is 13.8. The van der Waals surface area contributed by atoms with Crippen molar-refractivity contribution in [2.45, 2.75) is 25.2 Å². The number of amides is 1. The van der Waals surface area contributed by atoms with Crippen molar-refractivity contribution in [3.05, 3.63) is 89.5 Å². The molecular formula is C26H22F4N4O2. The first-order chi connectivity index (χ1) is 17.2. The normalized spacial score (nSPS) is 14.2. The van der Waals surface area contributed by atoms with Gasteiger partial charge in [0.2, 0.25) is 5.91 Å². The lowest BCUT2D eigenvalue weighted by atomic mass is 10.1. The van der Waals surface area contributed by atoms with E-state index in [1.165, 1.54) is 24.4 Å². The van der Waals surface area contributed by atoms with E-state index >= 15 is 0 Å². The monoisotopic (exact) mass is 498 g/mol. The molecule has 1 aliphatic rings. The number of anilines is 2. The van der Waals surface area contributed by atoms with Gasteiger partial charge in [-0.15, -0.1) is 0 Å². The summed E-state index contributed by atoms with van der Waals surface area (Å²) in [6.07, 6.45) is -3.46. The van der Waals surface area contributed by atoms with Gasteiger partial charge in [0.05, 0.1) is 30.0 Å². The lowest BCUT2D eigenvalue weighted by Crippen LogP contribution is -2.51. The molecule has 0 radical (unpaired) electrons. The van der Waals surface area contributed by atoms with Gasteiger partial charge in [0.1, 0.15) is 11.6 Å². The highest BCUT2D eigenvalue weighted by Crippen LogP contribution is 2.33. The summed E-state index contributed by atoms with van der Waals surface area (Å²) < 4.78 is 55.2. The number of nitrogens with zero attached hydrogens (tertiary/aromatic N) is 3. The molecule has 4 aromatic rings. The molecule has 1 amide bonds. The van der Waals surface area contributed by atoms with Gasteiger partial charge in [-0.1, -0.05) is 12.1 Å². The first-order valence-electron chi connectivity index (χ1n) is 11.3. The fraction of sp³-hybridized carbons (Fsp3) is 0.231. The highest BCUT2D eigenvalue weighted by molar-refractivity contribution is 5.93. The van der Waals surface area contributed by atoms with E-state index in [4.69, 9.17) is 0 Å². The summed E-state index contributed by atoms with van der Waals surface area (Å²) in [5, 5.41) is 12.5. The maximum atomic E-state index is 13.8. The van der Waals surface area contributed by atoms with Crippen molar-refractivity contribution >= 4 is 28.3 Å². The number of aliphatic hydroxyl groups is 1. The fourth-order valence-corrected chi connectivity index (χ4v) is 4.31. The Bertz CT molecular complexity index is 1410. The molecule has 6 nitrogen and oxygen atoms in total. The smallest absolute Gasteiger partial charge is 0.389 e. The number of hydrogen-bond acceptors (Lipinski definition) is 4. The molecule has 10 heteroatoms. The van der Waals surface area contributed by atoms with Crippen LogP contribution >= 0.6 is 0 Å². The van der Waals surface area contributed by atoms with E-state index in [0.29, 0.717) is 46.8 Å². The fourth-order valence-electron chi connectivity index (χ4n) is 4.31. The highest BCUT2D eigenvalue weighted by Gasteiger charge is 2.31. The number of rotatable bonds is 6. The summed E-state index contributed by atoms with van der Waals surface area (Å²) in [7, 11) is 0. The zero-order valence-corrected chi connectivity index (χ0v) is 19.0. The number of alkyl halides is 3. The number of pyridine rings is 1. The molecule has 0 aliphatic carbocycles. The van der Waals surface area contributed by atoms with Crippen LogP contribution in [-0.4, -0.2) is 39.8 Å². The molecule has 1 saturated heterocycles. The molecule has 2 N–H and O–H groups in total. The van der Waals surface area contributed by atoms with E-state index in [9.17, 15) is 27.5 Å². The van der Waals surface area contributed by atoms with E-state index in [1.54, 1.807) is 34.9 Å². The average molecular weight is 498 g/mol. The second kappa shape index (κ2) is 9.27. The Morgan fingerprint density at radius 2 is 1.89 bits per heavy atom. The van der Waals surface area contributed by atoms with Crippen LogP contribution in [0.4, 0.5) is 29.1 Å². The third-order valence-electron chi connectivity index (χ3n) is 6.10. The zero-order chi connectivity index (χ0) is 25.4. The Morgan fingerprint density at radius 1 is 1.08 bits per heavy atom. The van der Waals surface area contributed by atoms with Gasteiger partial charge in [0.15, 0.2) is 0 Å². The van der Waals surface area contributed by atoms with Gasteiger partial charge in [-0.05, 0) is 54.1 Å². The number of carbonyl (C=O) groups is 1. The van der Waals surface area contributed by atoms with Crippen LogP contribution in [0.5, 0.6) is 0 Å². The van der Waals surface area contributed by atoms with Gasteiger partial charge in [0.25, 0.3) is 0 Å². The molecule has 3 heterocycles. The summed E-state index contributed by atoms with van der Waals surface area (Å²) in [5.74, 6) is -0.108. The number of nitrogens with one attached hydrogen (secondary N) is 1. The number of aliphatic hydroxyl groups excluding tert-OH is 1. The van der Waals surface area contributed by atoms with Gasteiger partial charge in [-0.2, -0.15) is 13.2 Å². The van der Waals surface area contributed by atoms with Gasteiger partial charge in [0, 0.05) is 36.2 Å². The van der Waals surface area contributed by atoms with Crippen molar-refractivity contribution in [2.24, 2.45) is 0 Å². The van der Waals surface area contributed by atoms with Crippen LogP contribution in [0.1, 0.15) is 16.8 Å². The average Bonchev–Trinajstić information content (AvgIpc) is 3.13. The molecule has 0 saturated carbocycles. The summed E-state index contributed by atoms with van der Waals surface area (Å²) in [4.78, 5) is 19.0. The summed E-state index contributed by atoms with van der Waals surface area (Å²) in [6, 6.07) is 14.3. The Morgan fingerprint density at radius 3 is 2.56 bits per heavy atom. The van der Waals surface area contributed by atoms with Gasteiger partial charge in [-0.25, -0.2) is 9.37 Å². The van der Waals surface area contributed by atoms with Crippen molar-refractivity contribution in [1.82, 2.24) is 9.55 Å². The number of hydrogen-bond donors (Lipinski definition) is 2. The number of β-amino-alcohol motifs (C(OH)–C–C–N with tert-alkyl or cyclic N) is 1. The van der Waals surface area contributed by atoms with Gasteiger partial charge >= 0.3 is 6.18 Å². The summed E-state index contributed by atoms with van der Waals surface area (Å²) >= 11 is 0. The molecule has 2 aromatic carbocycles. The third kappa shape index (κ3) is 5.03. The Balaban J connectivity index is 1.40. The molecule has 1 fully saturated rings. The molecular weight excluding hydrogens is 476 g/mol. The number of carbonyl (C=O) groups excluding carboxylic acids is 1. The van der Waals surface area contributed by atoms with Crippen molar-refractivity contribution in [2.75, 3.05) is 23.3 Å².